The molecule has 0 N–H and O–H groups in total. The van der Waals surface area contributed by atoms with E-state index in [2.05, 4.69) is 31.2 Å². The fraction of sp³-hybridized carbons (Fsp3) is 0.200. The van der Waals surface area contributed by atoms with Gasteiger partial charge in [0.2, 0.25) is 0 Å². The van der Waals surface area contributed by atoms with E-state index in [4.69, 9.17) is 10.5 Å². The summed E-state index contributed by atoms with van der Waals surface area (Å²) in [6.45, 7) is 2.16. The van der Waals surface area contributed by atoms with Crippen molar-refractivity contribution in [1.82, 2.24) is 0 Å². The summed E-state index contributed by atoms with van der Waals surface area (Å²) in [5, 5.41) is 14.5. The van der Waals surface area contributed by atoms with Crippen LogP contribution in [-0.4, -0.2) is 0 Å². The van der Waals surface area contributed by atoms with Crippen LogP contribution in [0.1, 0.15) is 12.5 Å². The molecule has 0 spiro atoms. The molecule has 0 atom stereocenters. The Labute approximate surface area is 72.7 Å². The average molecular weight is 158 g/mol. The van der Waals surface area contributed by atoms with Crippen LogP contribution in [0.5, 0.6) is 0 Å². The molecule has 2 heteroatoms. The Morgan fingerprint density at radius 3 is 1.83 bits per heavy atom. The highest BCUT2D eigenvalue weighted by molar-refractivity contribution is 5.13. The molecule has 0 aliphatic heterocycles. The molecule has 0 fully saturated rings. The Hall–Kier alpha value is -1.80. The molecule has 0 aromatic heterocycles. The van der Waals surface area contributed by atoms with Crippen LogP contribution in [0.3, 0.4) is 0 Å². The first-order chi connectivity index (χ1) is 5.85. The number of rotatable bonds is 1. The first-order valence-electron chi connectivity index (χ1n) is 3.67. The van der Waals surface area contributed by atoms with Crippen molar-refractivity contribution in [3.63, 3.8) is 0 Å². The van der Waals surface area contributed by atoms with E-state index in [1.165, 1.54) is 17.7 Å². The van der Waals surface area contributed by atoms with Crippen molar-refractivity contribution in [2.24, 2.45) is 0 Å². The van der Waals surface area contributed by atoms with E-state index in [0.29, 0.717) is 0 Å². The van der Waals surface area contributed by atoms with Crippen molar-refractivity contribution in [2.45, 2.75) is 13.3 Å². The van der Waals surface area contributed by atoms with E-state index in [9.17, 15) is 0 Å². The van der Waals surface area contributed by atoms with Crippen LogP contribution in [-0.2, 0) is 6.42 Å². The summed E-state index contributed by atoms with van der Waals surface area (Å²) in [5.74, 6) is 0. The lowest BCUT2D eigenvalue weighted by Gasteiger charge is -1.89. The van der Waals surface area contributed by atoms with Gasteiger partial charge >= 0.3 is 0 Å². The molecule has 0 bridgehead atoms. The van der Waals surface area contributed by atoms with Crippen molar-refractivity contribution in [2.75, 3.05) is 0 Å². The summed E-state index contributed by atoms with van der Waals surface area (Å²) >= 11 is 0. The molecule has 2 nitrogen and oxygen atoms in total. The lowest BCUT2D eigenvalue weighted by Crippen LogP contribution is -1.73. The Morgan fingerprint density at radius 1 is 1.08 bits per heavy atom. The average Bonchev–Trinajstić information content (AvgIpc) is 2.19. The molecular weight excluding hydrogens is 148 g/mol. The number of nitrogens with zero attached hydrogens (tertiary/aromatic N) is 2. The van der Waals surface area contributed by atoms with Crippen LogP contribution >= 0.6 is 0 Å². The van der Waals surface area contributed by atoms with Crippen molar-refractivity contribution in [3.8, 4) is 12.1 Å². The van der Waals surface area contributed by atoms with Gasteiger partial charge in [0.1, 0.15) is 0 Å². The molecule has 1 aromatic rings. The lowest BCUT2D eigenvalue weighted by atomic mass is 10.2. The quantitative estimate of drug-likeness (QED) is 0.629. The zero-order chi connectivity index (χ0) is 9.23. The van der Waals surface area contributed by atoms with Crippen molar-refractivity contribution in [3.05, 3.63) is 35.9 Å². The lowest BCUT2D eigenvalue weighted by molar-refractivity contribution is 1.14. The standard InChI is InChI=1S/C8H10.C2N2/c1-2-8-6-4-3-5-7-8;3-1-2-4/h3-7H,2H2,1H3;. The monoisotopic (exact) mass is 158 g/mol. The minimum atomic E-state index is 1.14. The summed E-state index contributed by atoms with van der Waals surface area (Å²) in [6.07, 6.45) is 1.14. The molecule has 0 saturated carbocycles. The highest BCUT2D eigenvalue weighted by Gasteiger charge is 1.79. The Balaban J connectivity index is 0.000000261. The molecule has 0 aliphatic rings. The molecule has 1 aromatic carbocycles. The second-order valence-corrected chi connectivity index (χ2v) is 2.06. The number of aryl methyl sites for hydroxylation is 1. The van der Waals surface area contributed by atoms with Gasteiger partial charge in [-0.2, -0.15) is 10.5 Å². The topological polar surface area (TPSA) is 47.6 Å². The largest absolute Gasteiger partial charge is 0.181 e. The normalized spacial score (nSPS) is 6.92. The van der Waals surface area contributed by atoms with Crippen LogP contribution in [0.2, 0.25) is 0 Å². The maximum absolute atomic E-state index is 7.26. The second-order valence-electron chi connectivity index (χ2n) is 2.06. The number of hydrogen-bond donors (Lipinski definition) is 0. The predicted octanol–water partition coefficient (Wildman–Crippen LogP) is 2.28. The number of hydrogen-bond acceptors (Lipinski definition) is 2. The highest BCUT2D eigenvalue weighted by atomic mass is 14.3. The van der Waals surface area contributed by atoms with E-state index < -0.39 is 0 Å². The first kappa shape index (κ1) is 10.2. The van der Waals surface area contributed by atoms with Crippen LogP contribution in [0.4, 0.5) is 0 Å². The van der Waals surface area contributed by atoms with E-state index >= 15 is 0 Å². The van der Waals surface area contributed by atoms with Gasteiger partial charge in [-0.3, -0.25) is 0 Å². The smallest absolute Gasteiger partial charge is 0.181 e. The maximum Gasteiger partial charge on any atom is 0.181 e. The van der Waals surface area contributed by atoms with E-state index in [1.807, 2.05) is 6.07 Å². The van der Waals surface area contributed by atoms with Gasteiger partial charge in [0.15, 0.2) is 12.1 Å². The van der Waals surface area contributed by atoms with Gasteiger partial charge in [0.05, 0.1) is 0 Å². The third-order valence-corrected chi connectivity index (χ3v) is 1.30. The molecular formula is C10H10N2. The van der Waals surface area contributed by atoms with E-state index in [1.54, 1.807) is 0 Å². The third kappa shape index (κ3) is 5.02. The zero-order valence-corrected chi connectivity index (χ0v) is 6.99. The molecule has 60 valence electrons. The highest BCUT2D eigenvalue weighted by Crippen LogP contribution is 1.96. The van der Waals surface area contributed by atoms with E-state index in [-0.39, 0.29) is 0 Å². The van der Waals surface area contributed by atoms with Gasteiger partial charge in [-0.05, 0) is 12.0 Å². The molecule has 0 saturated heterocycles. The van der Waals surface area contributed by atoms with Crippen molar-refractivity contribution in [1.29, 1.82) is 10.5 Å². The van der Waals surface area contributed by atoms with Gasteiger partial charge in [-0.25, -0.2) is 0 Å². The molecule has 0 aliphatic carbocycles. The summed E-state index contributed by atoms with van der Waals surface area (Å²) < 4.78 is 0. The van der Waals surface area contributed by atoms with Crippen molar-refractivity contribution >= 4 is 0 Å². The Bertz CT molecular complexity index is 265. The summed E-state index contributed by atoms with van der Waals surface area (Å²) in [6, 6.07) is 12.9. The van der Waals surface area contributed by atoms with Crippen LogP contribution < -0.4 is 0 Å². The van der Waals surface area contributed by atoms with E-state index in [0.717, 1.165) is 6.42 Å². The summed E-state index contributed by atoms with van der Waals surface area (Å²) in [5.41, 5.74) is 1.41. The van der Waals surface area contributed by atoms with Gasteiger partial charge in [-0.15, -0.1) is 0 Å². The van der Waals surface area contributed by atoms with Crippen LogP contribution in [0.15, 0.2) is 30.3 Å². The molecule has 0 heterocycles. The van der Waals surface area contributed by atoms with Gasteiger partial charge in [0.25, 0.3) is 0 Å². The van der Waals surface area contributed by atoms with Crippen LogP contribution in [0.25, 0.3) is 0 Å². The fourth-order valence-electron chi connectivity index (χ4n) is 0.714. The summed E-state index contributed by atoms with van der Waals surface area (Å²) in [4.78, 5) is 0. The number of benzene rings is 1. The third-order valence-electron chi connectivity index (χ3n) is 1.30. The second kappa shape index (κ2) is 7.31. The molecule has 12 heavy (non-hydrogen) atoms. The van der Waals surface area contributed by atoms with Gasteiger partial charge in [0, 0.05) is 0 Å². The number of nitriles is 2. The Morgan fingerprint density at radius 2 is 1.58 bits per heavy atom. The van der Waals surface area contributed by atoms with Gasteiger partial charge in [-0.1, -0.05) is 37.3 Å². The SMILES string of the molecule is CCc1ccccc1.N#CC#N. The van der Waals surface area contributed by atoms with Crippen LogP contribution in [0, 0.1) is 22.7 Å². The van der Waals surface area contributed by atoms with Crippen molar-refractivity contribution < 1.29 is 0 Å². The summed E-state index contributed by atoms with van der Waals surface area (Å²) in [7, 11) is 0. The fourth-order valence-corrected chi connectivity index (χ4v) is 0.714. The maximum atomic E-state index is 7.26. The molecule has 0 radical (unpaired) electrons. The Kier molecular flexibility index (Phi) is 6.21. The first-order valence-corrected chi connectivity index (χ1v) is 3.67. The van der Waals surface area contributed by atoms with Gasteiger partial charge < -0.3 is 0 Å². The minimum Gasteiger partial charge on any atom is -0.181 e. The zero-order valence-electron chi connectivity index (χ0n) is 6.99. The molecule has 1 rings (SSSR count). The molecule has 0 unspecified atom stereocenters. The predicted molar refractivity (Wildman–Crippen MR) is 47.0 cm³/mol. The minimum absolute atomic E-state index is 1.14. The molecule has 0 amide bonds.